The lowest BCUT2D eigenvalue weighted by Gasteiger charge is -2.09. The van der Waals surface area contributed by atoms with Gasteiger partial charge >= 0.3 is 17.8 Å². The number of hydrazone groups is 1. The van der Waals surface area contributed by atoms with E-state index in [0.717, 1.165) is 6.42 Å². The summed E-state index contributed by atoms with van der Waals surface area (Å²) in [6.07, 6.45) is 2.17. The normalized spacial score (nSPS) is 10.5. The van der Waals surface area contributed by atoms with Crippen molar-refractivity contribution in [2.75, 3.05) is 11.9 Å². The summed E-state index contributed by atoms with van der Waals surface area (Å²) in [5.74, 6) is -1.48. The standard InChI is InChI=1S/C25H22BrN3O5/c1-2-14-33-21-11-8-17(9-12-21)25(32)34-22-13-10-19(26)15-18(22)16-27-29-24(31)23(30)28-20-6-4-3-5-7-20/h3-13,15-16H,2,14H2,1H3,(H,28,30)(H,29,31)/b27-16-. The predicted octanol–water partition coefficient (Wildman–Crippen LogP) is 4.55. The van der Waals surface area contributed by atoms with Gasteiger partial charge in [-0.05, 0) is 61.0 Å². The minimum absolute atomic E-state index is 0.228. The highest BCUT2D eigenvalue weighted by Gasteiger charge is 2.14. The summed E-state index contributed by atoms with van der Waals surface area (Å²) in [7, 11) is 0. The molecule has 0 unspecified atom stereocenters. The van der Waals surface area contributed by atoms with Crippen molar-refractivity contribution in [1.82, 2.24) is 5.43 Å². The summed E-state index contributed by atoms with van der Waals surface area (Å²) in [5.41, 5.74) is 3.40. The van der Waals surface area contributed by atoms with E-state index in [-0.39, 0.29) is 5.75 Å². The summed E-state index contributed by atoms with van der Waals surface area (Å²) in [4.78, 5) is 36.6. The molecule has 0 heterocycles. The summed E-state index contributed by atoms with van der Waals surface area (Å²) in [6.45, 7) is 2.60. The van der Waals surface area contributed by atoms with E-state index in [1.165, 1.54) is 6.21 Å². The van der Waals surface area contributed by atoms with Crippen molar-refractivity contribution in [3.05, 3.63) is 88.4 Å². The molecule has 0 aromatic heterocycles. The second-order valence-corrected chi connectivity index (χ2v) is 7.88. The zero-order valence-corrected chi connectivity index (χ0v) is 19.9. The Kier molecular flexibility index (Phi) is 8.93. The van der Waals surface area contributed by atoms with Crippen LogP contribution in [0.25, 0.3) is 0 Å². The van der Waals surface area contributed by atoms with Gasteiger partial charge in [0.25, 0.3) is 0 Å². The lowest BCUT2D eigenvalue weighted by atomic mass is 10.2. The number of nitrogens with zero attached hydrogens (tertiary/aromatic N) is 1. The molecule has 0 bridgehead atoms. The van der Waals surface area contributed by atoms with Crippen LogP contribution < -0.4 is 20.2 Å². The highest BCUT2D eigenvalue weighted by atomic mass is 79.9. The molecule has 0 fully saturated rings. The Bertz CT molecular complexity index is 1180. The van der Waals surface area contributed by atoms with Gasteiger partial charge in [-0.1, -0.05) is 41.1 Å². The molecular weight excluding hydrogens is 502 g/mol. The molecule has 3 aromatic rings. The molecule has 0 saturated heterocycles. The summed E-state index contributed by atoms with van der Waals surface area (Å²) < 4.78 is 11.7. The molecule has 3 aromatic carbocycles. The quantitative estimate of drug-likeness (QED) is 0.148. The summed E-state index contributed by atoms with van der Waals surface area (Å²) in [5, 5.41) is 6.27. The maximum atomic E-state index is 12.6. The molecule has 0 aliphatic heterocycles. The zero-order chi connectivity index (χ0) is 24.3. The fourth-order valence-corrected chi connectivity index (χ4v) is 3.08. The number of halogens is 1. The van der Waals surface area contributed by atoms with Gasteiger partial charge in [0.05, 0.1) is 18.4 Å². The number of rotatable bonds is 8. The number of hydrogen-bond donors (Lipinski definition) is 2. The van der Waals surface area contributed by atoms with Crippen molar-refractivity contribution in [3.8, 4) is 11.5 Å². The number of esters is 1. The van der Waals surface area contributed by atoms with Gasteiger partial charge < -0.3 is 14.8 Å². The minimum Gasteiger partial charge on any atom is -0.494 e. The molecule has 3 rings (SSSR count). The summed E-state index contributed by atoms with van der Waals surface area (Å²) in [6, 6.07) is 20.1. The van der Waals surface area contributed by atoms with Crippen molar-refractivity contribution in [2.24, 2.45) is 5.10 Å². The number of anilines is 1. The molecule has 0 aliphatic rings. The molecule has 34 heavy (non-hydrogen) atoms. The van der Waals surface area contributed by atoms with Crippen LogP contribution in [0.3, 0.4) is 0 Å². The first kappa shape index (κ1) is 24.7. The third kappa shape index (κ3) is 7.28. The van der Waals surface area contributed by atoms with E-state index in [4.69, 9.17) is 9.47 Å². The number of carbonyl (C=O) groups is 3. The van der Waals surface area contributed by atoms with E-state index in [2.05, 4.69) is 31.8 Å². The van der Waals surface area contributed by atoms with Crippen molar-refractivity contribution < 1.29 is 23.9 Å². The highest BCUT2D eigenvalue weighted by molar-refractivity contribution is 9.10. The lowest BCUT2D eigenvalue weighted by molar-refractivity contribution is -0.136. The molecule has 2 N–H and O–H groups in total. The molecule has 0 atom stereocenters. The van der Waals surface area contributed by atoms with E-state index < -0.39 is 17.8 Å². The molecule has 0 radical (unpaired) electrons. The van der Waals surface area contributed by atoms with Crippen LogP contribution in [0.15, 0.2) is 82.4 Å². The first-order valence-electron chi connectivity index (χ1n) is 10.4. The fourth-order valence-electron chi connectivity index (χ4n) is 2.70. The maximum Gasteiger partial charge on any atom is 0.343 e. The third-order valence-electron chi connectivity index (χ3n) is 4.34. The molecule has 0 aliphatic carbocycles. The Morgan fingerprint density at radius 2 is 1.71 bits per heavy atom. The van der Waals surface area contributed by atoms with Crippen LogP contribution in [0.1, 0.15) is 29.3 Å². The van der Waals surface area contributed by atoms with Gasteiger partial charge in [-0.3, -0.25) is 9.59 Å². The van der Waals surface area contributed by atoms with E-state index in [0.29, 0.717) is 33.6 Å². The molecule has 2 amide bonds. The van der Waals surface area contributed by atoms with Gasteiger partial charge in [0, 0.05) is 15.7 Å². The summed E-state index contributed by atoms with van der Waals surface area (Å²) >= 11 is 3.35. The lowest BCUT2D eigenvalue weighted by Crippen LogP contribution is -2.32. The number of para-hydroxylation sites is 1. The molecule has 8 nitrogen and oxygen atoms in total. The smallest absolute Gasteiger partial charge is 0.343 e. The van der Waals surface area contributed by atoms with Gasteiger partial charge in [0.2, 0.25) is 0 Å². The predicted molar refractivity (Wildman–Crippen MR) is 132 cm³/mol. The number of benzene rings is 3. The number of ether oxygens (including phenoxy) is 2. The Morgan fingerprint density at radius 1 is 0.971 bits per heavy atom. The second kappa shape index (κ2) is 12.3. The Labute approximate surface area is 205 Å². The number of nitrogens with one attached hydrogen (secondary N) is 2. The Morgan fingerprint density at radius 3 is 2.41 bits per heavy atom. The van der Waals surface area contributed by atoms with Gasteiger partial charge in [-0.2, -0.15) is 5.10 Å². The van der Waals surface area contributed by atoms with E-state index >= 15 is 0 Å². The Balaban J connectivity index is 1.63. The average Bonchev–Trinajstić information content (AvgIpc) is 2.85. The van der Waals surface area contributed by atoms with Crippen molar-refractivity contribution in [2.45, 2.75) is 13.3 Å². The van der Waals surface area contributed by atoms with Crippen LogP contribution >= 0.6 is 15.9 Å². The first-order valence-corrected chi connectivity index (χ1v) is 11.2. The molecule has 9 heteroatoms. The number of hydrogen-bond acceptors (Lipinski definition) is 6. The topological polar surface area (TPSA) is 106 Å². The minimum atomic E-state index is -0.945. The van der Waals surface area contributed by atoms with Crippen LogP contribution in [0.2, 0.25) is 0 Å². The maximum absolute atomic E-state index is 12.6. The number of carbonyl (C=O) groups excluding carboxylic acids is 3. The van der Waals surface area contributed by atoms with Gasteiger partial charge in [0.15, 0.2) is 0 Å². The van der Waals surface area contributed by atoms with Crippen LogP contribution in [0, 0.1) is 0 Å². The van der Waals surface area contributed by atoms with Crippen LogP contribution in [0.4, 0.5) is 5.69 Å². The highest BCUT2D eigenvalue weighted by Crippen LogP contribution is 2.23. The average molecular weight is 524 g/mol. The van der Waals surface area contributed by atoms with Crippen molar-refractivity contribution in [3.63, 3.8) is 0 Å². The SMILES string of the molecule is CCCOc1ccc(C(=O)Oc2ccc(Br)cc2/C=N\NC(=O)C(=O)Nc2ccccc2)cc1. The zero-order valence-electron chi connectivity index (χ0n) is 18.3. The fraction of sp³-hybridized carbons (Fsp3) is 0.120. The monoisotopic (exact) mass is 523 g/mol. The van der Waals surface area contributed by atoms with Gasteiger partial charge in [-0.25, -0.2) is 10.2 Å². The molecule has 0 spiro atoms. The van der Waals surface area contributed by atoms with Crippen molar-refractivity contribution in [1.29, 1.82) is 0 Å². The van der Waals surface area contributed by atoms with Gasteiger partial charge in [0.1, 0.15) is 11.5 Å². The second-order valence-electron chi connectivity index (χ2n) is 6.96. The Hall–Kier alpha value is -3.98. The van der Waals surface area contributed by atoms with Crippen LogP contribution in [0.5, 0.6) is 11.5 Å². The van der Waals surface area contributed by atoms with E-state index in [9.17, 15) is 14.4 Å². The first-order chi connectivity index (χ1) is 16.5. The molecule has 174 valence electrons. The molecular formula is C25H22BrN3O5. The van der Waals surface area contributed by atoms with Crippen LogP contribution in [-0.2, 0) is 9.59 Å². The van der Waals surface area contributed by atoms with E-state index in [1.54, 1.807) is 72.8 Å². The van der Waals surface area contributed by atoms with Gasteiger partial charge in [-0.15, -0.1) is 0 Å². The number of amides is 2. The third-order valence-corrected chi connectivity index (χ3v) is 4.84. The van der Waals surface area contributed by atoms with Crippen molar-refractivity contribution >= 4 is 45.6 Å². The van der Waals surface area contributed by atoms with Crippen LogP contribution in [-0.4, -0.2) is 30.6 Å². The molecule has 0 saturated carbocycles. The van der Waals surface area contributed by atoms with E-state index in [1.807, 2.05) is 6.92 Å². The largest absolute Gasteiger partial charge is 0.494 e.